The molecular weight excluding hydrogens is 280 g/mol. The number of amides is 2. The lowest BCUT2D eigenvalue weighted by molar-refractivity contribution is -0.119. The quantitative estimate of drug-likeness (QED) is 0.876. The third kappa shape index (κ3) is 3.45. The summed E-state index contributed by atoms with van der Waals surface area (Å²) in [5.74, 6) is 0.369. The van der Waals surface area contributed by atoms with E-state index in [1.54, 1.807) is 0 Å². The van der Waals surface area contributed by atoms with Crippen molar-refractivity contribution in [3.63, 3.8) is 0 Å². The second-order valence-electron chi connectivity index (χ2n) is 5.09. The van der Waals surface area contributed by atoms with Crippen LogP contribution in [0.3, 0.4) is 0 Å². The number of halogens is 1. The van der Waals surface area contributed by atoms with E-state index in [1.165, 1.54) is 6.20 Å². The summed E-state index contributed by atoms with van der Waals surface area (Å²) in [6.45, 7) is 4.26. The van der Waals surface area contributed by atoms with E-state index in [4.69, 9.17) is 11.6 Å². The molecule has 1 aliphatic rings. The first-order valence-corrected chi connectivity index (χ1v) is 6.95. The fraction of sp³-hybridized carbons (Fsp3) is 0.538. The Morgan fingerprint density at radius 3 is 2.95 bits per heavy atom. The molecular formula is C13H17ClN4O2. The van der Waals surface area contributed by atoms with Gasteiger partial charge in [0.05, 0.1) is 11.2 Å². The minimum Gasteiger partial charge on any atom is -0.352 e. The molecule has 1 aromatic heterocycles. The van der Waals surface area contributed by atoms with Crippen molar-refractivity contribution in [2.24, 2.45) is 0 Å². The van der Waals surface area contributed by atoms with Crippen molar-refractivity contribution in [1.82, 2.24) is 20.6 Å². The highest BCUT2D eigenvalue weighted by Crippen LogP contribution is 2.16. The van der Waals surface area contributed by atoms with Crippen LogP contribution in [0, 0.1) is 0 Å². The van der Waals surface area contributed by atoms with Gasteiger partial charge in [-0.2, -0.15) is 0 Å². The predicted molar refractivity (Wildman–Crippen MR) is 74.6 cm³/mol. The average molecular weight is 297 g/mol. The van der Waals surface area contributed by atoms with Crippen molar-refractivity contribution >= 4 is 23.4 Å². The van der Waals surface area contributed by atoms with Crippen molar-refractivity contribution in [1.29, 1.82) is 0 Å². The first kappa shape index (κ1) is 14.7. The largest absolute Gasteiger partial charge is 0.352 e. The Hall–Kier alpha value is -1.69. The van der Waals surface area contributed by atoms with Gasteiger partial charge in [0.15, 0.2) is 0 Å². The van der Waals surface area contributed by atoms with Gasteiger partial charge in [-0.3, -0.25) is 9.59 Å². The van der Waals surface area contributed by atoms with Gasteiger partial charge in [-0.1, -0.05) is 25.4 Å². The summed E-state index contributed by atoms with van der Waals surface area (Å²) in [5, 5.41) is 5.75. The Labute approximate surface area is 122 Å². The molecule has 0 aliphatic carbocycles. The first-order chi connectivity index (χ1) is 9.47. The molecule has 0 spiro atoms. The Balaban J connectivity index is 2.01. The lowest BCUT2D eigenvalue weighted by Crippen LogP contribution is -2.38. The molecule has 1 fully saturated rings. The van der Waals surface area contributed by atoms with Crippen LogP contribution in [-0.4, -0.2) is 34.4 Å². The Bertz CT molecular complexity index is 533. The number of hydrogen-bond acceptors (Lipinski definition) is 4. The Morgan fingerprint density at radius 1 is 1.60 bits per heavy atom. The molecule has 1 saturated heterocycles. The number of nitrogens with zero attached hydrogens (tertiary/aromatic N) is 2. The normalized spacial score (nSPS) is 18.2. The van der Waals surface area contributed by atoms with Gasteiger partial charge in [0.2, 0.25) is 5.91 Å². The predicted octanol–water partition coefficient (Wildman–Crippen LogP) is 1.26. The second kappa shape index (κ2) is 6.17. The zero-order chi connectivity index (χ0) is 14.7. The van der Waals surface area contributed by atoms with E-state index >= 15 is 0 Å². The van der Waals surface area contributed by atoms with Crippen LogP contribution in [0.2, 0.25) is 5.02 Å². The van der Waals surface area contributed by atoms with E-state index in [9.17, 15) is 9.59 Å². The molecule has 6 nitrogen and oxygen atoms in total. The van der Waals surface area contributed by atoms with E-state index in [1.807, 2.05) is 13.8 Å². The molecule has 0 aromatic carbocycles. The highest BCUT2D eigenvalue weighted by molar-refractivity contribution is 6.33. The number of nitrogens with one attached hydrogen (secondary N) is 2. The maximum Gasteiger partial charge on any atom is 0.271 e. The number of hydrogen-bond donors (Lipinski definition) is 2. The third-order valence-electron chi connectivity index (χ3n) is 3.09. The molecule has 2 N–H and O–H groups in total. The lowest BCUT2D eigenvalue weighted by atomic mass is 10.2. The van der Waals surface area contributed by atoms with Crippen molar-refractivity contribution in [2.75, 3.05) is 6.54 Å². The Morgan fingerprint density at radius 2 is 2.35 bits per heavy atom. The molecule has 0 radical (unpaired) electrons. The summed E-state index contributed by atoms with van der Waals surface area (Å²) in [4.78, 5) is 31.4. The maximum absolute atomic E-state index is 12.1. The van der Waals surface area contributed by atoms with Crippen molar-refractivity contribution in [2.45, 2.75) is 38.6 Å². The standard InChI is InChI=1S/C13H17ClN4O2/c1-7(2)12-15-6-9(14)11(18-12)13(20)16-5-8-3-4-10(19)17-8/h6-8H,3-5H2,1-2H3,(H,16,20)(H,17,19). The highest BCUT2D eigenvalue weighted by atomic mass is 35.5. The van der Waals surface area contributed by atoms with Crippen molar-refractivity contribution in [3.05, 3.63) is 22.7 Å². The summed E-state index contributed by atoms with van der Waals surface area (Å²) in [6.07, 6.45) is 2.68. The molecule has 0 bridgehead atoms. The summed E-state index contributed by atoms with van der Waals surface area (Å²) in [7, 11) is 0. The molecule has 7 heteroatoms. The molecule has 2 amide bonds. The maximum atomic E-state index is 12.1. The van der Waals surface area contributed by atoms with Crippen molar-refractivity contribution < 1.29 is 9.59 Å². The zero-order valence-electron chi connectivity index (χ0n) is 11.4. The van der Waals surface area contributed by atoms with Gasteiger partial charge in [0.1, 0.15) is 11.5 Å². The van der Waals surface area contributed by atoms with Gasteiger partial charge in [0, 0.05) is 24.9 Å². The van der Waals surface area contributed by atoms with Crippen LogP contribution < -0.4 is 10.6 Å². The average Bonchev–Trinajstić information content (AvgIpc) is 2.82. The summed E-state index contributed by atoms with van der Waals surface area (Å²) in [6, 6.07) is -0.0170. The molecule has 1 aliphatic heterocycles. The van der Waals surface area contributed by atoms with E-state index in [0.717, 1.165) is 6.42 Å². The monoisotopic (exact) mass is 296 g/mol. The smallest absolute Gasteiger partial charge is 0.271 e. The zero-order valence-corrected chi connectivity index (χ0v) is 12.2. The topological polar surface area (TPSA) is 84.0 Å². The fourth-order valence-corrected chi connectivity index (χ4v) is 2.13. The first-order valence-electron chi connectivity index (χ1n) is 6.57. The van der Waals surface area contributed by atoms with Gasteiger partial charge in [-0.05, 0) is 6.42 Å². The number of carbonyl (C=O) groups is 2. The number of aromatic nitrogens is 2. The van der Waals surface area contributed by atoms with Crippen LogP contribution in [0.5, 0.6) is 0 Å². The molecule has 2 rings (SSSR count). The minimum atomic E-state index is -0.347. The summed E-state index contributed by atoms with van der Waals surface area (Å²) < 4.78 is 0. The minimum absolute atomic E-state index is 0.0170. The third-order valence-corrected chi connectivity index (χ3v) is 3.36. The van der Waals surface area contributed by atoms with Gasteiger partial charge in [-0.15, -0.1) is 0 Å². The van der Waals surface area contributed by atoms with Gasteiger partial charge >= 0.3 is 0 Å². The van der Waals surface area contributed by atoms with Crippen LogP contribution >= 0.6 is 11.6 Å². The number of carbonyl (C=O) groups excluding carboxylic acids is 2. The lowest BCUT2D eigenvalue weighted by Gasteiger charge is -2.12. The number of rotatable bonds is 4. The van der Waals surface area contributed by atoms with E-state index in [0.29, 0.717) is 18.8 Å². The molecule has 20 heavy (non-hydrogen) atoms. The van der Waals surface area contributed by atoms with Crippen LogP contribution in [0.15, 0.2) is 6.20 Å². The van der Waals surface area contributed by atoms with Crippen LogP contribution in [0.1, 0.15) is 48.9 Å². The van der Waals surface area contributed by atoms with Crippen LogP contribution in [-0.2, 0) is 4.79 Å². The van der Waals surface area contributed by atoms with Crippen LogP contribution in [0.25, 0.3) is 0 Å². The van der Waals surface area contributed by atoms with Gasteiger partial charge < -0.3 is 10.6 Å². The van der Waals surface area contributed by atoms with Crippen LogP contribution in [0.4, 0.5) is 0 Å². The van der Waals surface area contributed by atoms with Gasteiger partial charge in [0.25, 0.3) is 5.91 Å². The van der Waals surface area contributed by atoms with E-state index < -0.39 is 0 Å². The molecule has 1 atom stereocenters. The van der Waals surface area contributed by atoms with E-state index in [2.05, 4.69) is 20.6 Å². The summed E-state index contributed by atoms with van der Waals surface area (Å²) in [5.41, 5.74) is 0.176. The molecule has 108 valence electrons. The fourth-order valence-electron chi connectivity index (χ4n) is 1.95. The highest BCUT2D eigenvalue weighted by Gasteiger charge is 2.22. The molecule has 0 saturated carbocycles. The molecule has 1 aromatic rings. The SMILES string of the molecule is CC(C)c1ncc(Cl)c(C(=O)NCC2CCC(=O)N2)n1. The Kier molecular flexibility index (Phi) is 4.54. The molecule has 1 unspecified atom stereocenters. The summed E-state index contributed by atoms with van der Waals surface area (Å²) >= 11 is 5.96. The second-order valence-corrected chi connectivity index (χ2v) is 5.50. The molecule has 2 heterocycles. The van der Waals surface area contributed by atoms with Crippen molar-refractivity contribution in [3.8, 4) is 0 Å². The van der Waals surface area contributed by atoms with E-state index in [-0.39, 0.29) is 34.5 Å². The van der Waals surface area contributed by atoms with Gasteiger partial charge in [-0.25, -0.2) is 9.97 Å².